The summed E-state index contributed by atoms with van der Waals surface area (Å²) in [5, 5.41) is 0.385. The number of hydrogen-bond donors (Lipinski definition) is 0. The molecule has 0 bridgehead atoms. The van der Waals surface area contributed by atoms with Gasteiger partial charge in [0.1, 0.15) is 0 Å². The van der Waals surface area contributed by atoms with Gasteiger partial charge in [-0.3, -0.25) is 4.79 Å². The fraction of sp³-hybridized carbons (Fsp3) is 0.300. The number of hydrogen-bond acceptors (Lipinski definition) is 1. The minimum atomic E-state index is 0.141. The third-order valence-corrected chi connectivity index (χ3v) is 2.86. The van der Waals surface area contributed by atoms with Gasteiger partial charge in [-0.1, -0.05) is 31.9 Å². The van der Waals surface area contributed by atoms with Crippen LogP contribution in [0.25, 0.3) is 0 Å². The van der Waals surface area contributed by atoms with E-state index in [1.807, 2.05) is 26.0 Å². The number of halogens is 2. The van der Waals surface area contributed by atoms with Crippen molar-refractivity contribution in [3.63, 3.8) is 0 Å². The van der Waals surface area contributed by atoms with Crippen LogP contribution in [0.4, 0.5) is 0 Å². The second-order valence-electron chi connectivity index (χ2n) is 2.97. The highest BCUT2D eigenvalue weighted by molar-refractivity contribution is 9.10. The van der Waals surface area contributed by atoms with Crippen LogP contribution in [-0.2, 0) is 0 Å². The smallest absolute Gasteiger partial charge is 0.173 e. The average Bonchev–Trinajstić information content (AvgIpc) is 2.02. The lowest BCUT2D eigenvalue weighted by Crippen LogP contribution is -2.05. The Balaban J connectivity index is 3.28. The number of ketones is 1. The quantitative estimate of drug-likeness (QED) is 0.602. The summed E-state index contributed by atoms with van der Waals surface area (Å²) in [6, 6.07) is 3.92. The Hall–Kier alpha value is -0.150. The van der Waals surface area contributed by atoms with Crippen LogP contribution in [0.1, 0.15) is 21.5 Å². The summed E-state index contributed by atoms with van der Waals surface area (Å²) in [7, 11) is 0. The lowest BCUT2D eigenvalue weighted by Gasteiger charge is -2.07. The van der Waals surface area contributed by atoms with Gasteiger partial charge < -0.3 is 0 Å². The molecule has 13 heavy (non-hydrogen) atoms. The van der Waals surface area contributed by atoms with E-state index in [2.05, 4.69) is 31.9 Å². The molecule has 0 radical (unpaired) electrons. The van der Waals surface area contributed by atoms with Crippen LogP contribution in [-0.4, -0.2) is 11.1 Å². The van der Waals surface area contributed by atoms with Gasteiger partial charge in [-0.2, -0.15) is 0 Å². The molecule has 1 aromatic rings. The number of rotatable bonds is 2. The van der Waals surface area contributed by atoms with Gasteiger partial charge >= 0.3 is 0 Å². The molecule has 0 amide bonds. The van der Waals surface area contributed by atoms with E-state index in [1.165, 1.54) is 0 Å². The molecule has 0 aliphatic heterocycles. The Bertz CT molecular complexity index is 322. The molecule has 0 aliphatic carbocycles. The first-order valence-corrected chi connectivity index (χ1v) is 5.83. The van der Waals surface area contributed by atoms with E-state index in [4.69, 9.17) is 0 Å². The second-order valence-corrected chi connectivity index (χ2v) is 4.45. The van der Waals surface area contributed by atoms with Crippen LogP contribution in [0, 0.1) is 13.8 Å². The molecule has 3 heteroatoms. The van der Waals surface area contributed by atoms with Crippen LogP contribution in [0.15, 0.2) is 16.6 Å². The van der Waals surface area contributed by atoms with Crippen molar-refractivity contribution >= 4 is 37.6 Å². The van der Waals surface area contributed by atoms with Crippen molar-refractivity contribution < 1.29 is 4.79 Å². The predicted octanol–water partition coefficient (Wildman–Crippen LogP) is 3.64. The van der Waals surface area contributed by atoms with Crippen molar-refractivity contribution in [2.45, 2.75) is 13.8 Å². The molecule has 1 nitrogen and oxygen atoms in total. The first-order valence-electron chi connectivity index (χ1n) is 3.92. The first kappa shape index (κ1) is 10.9. The topological polar surface area (TPSA) is 17.1 Å². The van der Waals surface area contributed by atoms with E-state index < -0.39 is 0 Å². The molecule has 70 valence electrons. The molecule has 0 fully saturated rings. The van der Waals surface area contributed by atoms with Crippen molar-refractivity contribution in [1.29, 1.82) is 0 Å². The third-order valence-electron chi connectivity index (χ3n) is 1.90. The van der Waals surface area contributed by atoms with Crippen molar-refractivity contribution in [3.8, 4) is 0 Å². The van der Waals surface area contributed by atoms with E-state index in [9.17, 15) is 4.79 Å². The monoisotopic (exact) mass is 304 g/mol. The largest absolute Gasteiger partial charge is 0.293 e. The number of carbonyl (C=O) groups excluding carboxylic acids is 1. The van der Waals surface area contributed by atoms with Gasteiger partial charge in [0.15, 0.2) is 5.78 Å². The normalized spacial score (nSPS) is 10.2. The molecule has 0 heterocycles. The molecule has 0 saturated carbocycles. The van der Waals surface area contributed by atoms with E-state index in [0.29, 0.717) is 5.33 Å². The second kappa shape index (κ2) is 4.38. The highest BCUT2D eigenvalue weighted by Crippen LogP contribution is 2.21. The maximum atomic E-state index is 11.5. The lowest BCUT2D eigenvalue weighted by molar-refractivity contribution is 0.102. The first-order chi connectivity index (χ1) is 6.06. The fourth-order valence-electron chi connectivity index (χ4n) is 1.42. The average molecular weight is 306 g/mol. The summed E-state index contributed by atoms with van der Waals surface area (Å²) < 4.78 is 1.02. The summed E-state index contributed by atoms with van der Waals surface area (Å²) in [5.74, 6) is 0.141. The summed E-state index contributed by atoms with van der Waals surface area (Å²) in [5.41, 5.74) is 2.88. The molecule has 0 saturated heterocycles. The van der Waals surface area contributed by atoms with Gasteiger partial charge in [0.25, 0.3) is 0 Å². The Morgan fingerprint density at radius 3 is 2.15 bits per heavy atom. The highest BCUT2D eigenvalue weighted by Gasteiger charge is 2.11. The van der Waals surface area contributed by atoms with Gasteiger partial charge in [0.05, 0.1) is 5.33 Å². The third kappa shape index (κ3) is 2.41. The van der Waals surface area contributed by atoms with E-state index in [1.54, 1.807) is 0 Å². The minimum absolute atomic E-state index is 0.141. The Kier molecular flexibility index (Phi) is 3.68. The standard InChI is InChI=1S/C10H10Br2O/c1-6-3-8(12)4-7(2)10(6)9(13)5-11/h3-4H,5H2,1-2H3. The van der Waals surface area contributed by atoms with Gasteiger partial charge in [-0.25, -0.2) is 0 Å². The zero-order valence-electron chi connectivity index (χ0n) is 7.53. The van der Waals surface area contributed by atoms with Crippen molar-refractivity contribution in [1.82, 2.24) is 0 Å². The Morgan fingerprint density at radius 1 is 1.31 bits per heavy atom. The van der Waals surface area contributed by atoms with E-state index in [0.717, 1.165) is 21.2 Å². The van der Waals surface area contributed by atoms with Crippen LogP contribution in [0.5, 0.6) is 0 Å². The number of Topliss-reactive ketones (excluding diaryl/α,β-unsaturated/α-hetero) is 1. The van der Waals surface area contributed by atoms with Gasteiger partial charge in [-0.05, 0) is 37.1 Å². The lowest BCUT2D eigenvalue weighted by atomic mass is 10.0. The van der Waals surface area contributed by atoms with Crippen LogP contribution < -0.4 is 0 Å². The summed E-state index contributed by atoms with van der Waals surface area (Å²) in [6.45, 7) is 3.90. The molecule has 0 atom stereocenters. The molecular formula is C10H10Br2O. The maximum Gasteiger partial charge on any atom is 0.173 e. The van der Waals surface area contributed by atoms with E-state index >= 15 is 0 Å². The summed E-state index contributed by atoms with van der Waals surface area (Å²) in [4.78, 5) is 11.5. The SMILES string of the molecule is Cc1cc(Br)cc(C)c1C(=O)CBr. The Morgan fingerprint density at radius 2 is 1.77 bits per heavy atom. The molecule has 1 aromatic carbocycles. The number of benzene rings is 1. The molecule has 0 N–H and O–H groups in total. The predicted molar refractivity (Wildman–Crippen MR) is 61.7 cm³/mol. The zero-order chi connectivity index (χ0) is 10.0. The van der Waals surface area contributed by atoms with Crippen LogP contribution >= 0.6 is 31.9 Å². The molecule has 0 unspecified atom stereocenters. The number of alkyl halides is 1. The van der Waals surface area contributed by atoms with Crippen LogP contribution in [0.3, 0.4) is 0 Å². The van der Waals surface area contributed by atoms with Gasteiger partial charge in [0, 0.05) is 10.0 Å². The van der Waals surface area contributed by atoms with Gasteiger partial charge in [0.2, 0.25) is 0 Å². The maximum absolute atomic E-state index is 11.5. The molecule has 0 spiro atoms. The number of aryl methyl sites for hydroxylation is 2. The summed E-state index contributed by atoms with van der Waals surface area (Å²) in [6.07, 6.45) is 0. The zero-order valence-corrected chi connectivity index (χ0v) is 10.7. The fourth-order valence-corrected chi connectivity index (χ4v) is 2.38. The van der Waals surface area contributed by atoms with Crippen molar-refractivity contribution in [3.05, 3.63) is 33.3 Å². The minimum Gasteiger partial charge on any atom is -0.293 e. The van der Waals surface area contributed by atoms with Crippen molar-refractivity contribution in [2.24, 2.45) is 0 Å². The number of carbonyl (C=O) groups is 1. The molecule has 0 aromatic heterocycles. The molecule has 1 rings (SSSR count). The summed E-state index contributed by atoms with van der Waals surface area (Å²) >= 11 is 6.57. The van der Waals surface area contributed by atoms with Gasteiger partial charge in [-0.15, -0.1) is 0 Å². The molecular weight excluding hydrogens is 296 g/mol. The van der Waals surface area contributed by atoms with E-state index in [-0.39, 0.29) is 5.78 Å². The molecule has 0 aliphatic rings. The van der Waals surface area contributed by atoms with Crippen LogP contribution in [0.2, 0.25) is 0 Å². The van der Waals surface area contributed by atoms with Crippen molar-refractivity contribution in [2.75, 3.05) is 5.33 Å². The Labute approximate surface area is 94.8 Å². The highest BCUT2D eigenvalue weighted by atomic mass is 79.9.